The summed E-state index contributed by atoms with van der Waals surface area (Å²) >= 11 is 0. The van der Waals surface area contributed by atoms with Gasteiger partial charge in [-0.05, 0) is 38.8 Å². The Morgan fingerprint density at radius 3 is 2.65 bits per heavy atom. The minimum atomic E-state index is -0.503. The Labute approximate surface area is 143 Å². The SMILES string of the molecule is Cc1nc(OCCN2CCC(C)(O)CC2)c2ccccc2n1.Cl. The number of ether oxygens (including phenoxy) is 1. The summed E-state index contributed by atoms with van der Waals surface area (Å²) in [5.41, 5.74) is 0.413. The van der Waals surface area contributed by atoms with Crippen LogP contribution in [0.1, 0.15) is 25.6 Å². The van der Waals surface area contributed by atoms with E-state index in [1.807, 2.05) is 38.1 Å². The first-order valence-corrected chi connectivity index (χ1v) is 7.84. The molecule has 0 unspecified atom stereocenters. The summed E-state index contributed by atoms with van der Waals surface area (Å²) in [6.45, 7) is 7.08. The molecule has 0 spiro atoms. The fraction of sp³-hybridized carbons (Fsp3) is 0.529. The van der Waals surface area contributed by atoms with Crippen molar-refractivity contribution in [1.29, 1.82) is 0 Å². The molecule has 1 aliphatic heterocycles. The van der Waals surface area contributed by atoms with Crippen LogP contribution in [0.4, 0.5) is 0 Å². The van der Waals surface area contributed by atoms with Crippen LogP contribution in [-0.2, 0) is 0 Å². The lowest BCUT2D eigenvalue weighted by atomic mass is 9.94. The molecule has 0 atom stereocenters. The summed E-state index contributed by atoms with van der Waals surface area (Å²) in [5.74, 6) is 1.38. The second kappa shape index (κ2) is 7.43. The van der Waals surface area contributed by atoms with Gasteiger partial charge in [0.15, 0.2) is 0 Å². The maximum atomic E-state index is 9.97. The van der Waals surface area contributed by atoms with E-state index < -0.39 is 5.60 Å². The summed E-state index contributed by atoms with van der Waals surface area (Å²) < 4.78 is 5.90. The topological polar surface area (TPSA) is 58.5 Å². The van der Waals surface area contributed by atoms with Gasteiger partial charge in [0.25, 0.3) is 0 Å². The number of para-hydroxylation sites is 1. The molecule has 1 aromatic carbocycles. The molecule has 0 saturated carbocycles. The Morgan fingerprint density at radius 2 is 1.91 bits per heavy atom. The predicted molar refractivity (Wildman–Crippen MR) is 93.3 cm³/mol. The largest absolute Gasteiger partial charge is 0.476 e. The highest BCUT2D eigenvalue weighted by molar-refractivity contribution is 5.85. The van der Waals surface area contributed by atoms with E-state index in [0.29, 0.717) is 12.5 Å². The average Bonchev–Trinajstić information content (AvgIpc) is 2.48. The van der Waals surface area contributed by atoms with Gasteiger partial charge in [0.2, 0.25) is 5.88 Å². The Bertz CT molecular complexity index is 653. The lowest BCUT2D eigenvalue weighted by Crippen LogP contribution is -2.43. The molecule has 0 amide bonds. The van der Waals surface area contributed by atoms with Crippen LogP contribution in [0.3, 0.4) is 0 Å². The van der Waals surface area contributed by atoms with E-state index in [-0.39, 0.29) is 12.4 Å². The van der Waals surface area contributed by atoms with Gasteiger partial charge in [-0.15, -0.1) is 12.4 Å². The summed E-state index contributed by atoms with van der Waals surface area (Å²) in [4.78, 5) is 11.2. The minimum absolute atomic E-state index is 0. The summed E-state index contributed by atoms with van der Waals surface area (Å²) in [6, 6.07) is 7.91. The number of hydrogen-bond acceptors (Lipinski definition) is 5. The molecule has 1 aromatic heterocycles. The number of fused-ring (bicyclic) bond motifs is 1. The molecule has 0 radical (unpaired) electrons. The number of hydrogen-bond donors (Lipinski definition) is 1. The lowest BCUT2D eigenvalue weighted by Gasteiger charge is -2.35. The first-order valence-electron chi connectivity index (χ1n) is 7.84. The third kappa shape index (κ3) is 4.53. The zero-order chi connectivity index (χ0) is 15.6. The fourth-order valence-corrected chi connectivity index (χ4v) is 2.80. The van der Waals surface area contributed by atoms with Crippen molar-refractivity contribution in [2.45, 2.75) is 32.3 Å². The van der Waals surface area contributed by atoms with Crippen molar-refractivity contribution < 1.29 is 9.84 Å². The van der Waals surface area contributed by atoms with Crippen LogP contribution >= 0.6 is 12.4 Å². The van der Waals surface area contributed by atoms with Crippen LogP contribution in [0, 0.1) is 6.92 Å². The predicted octanol–water partition coefficient (Wildman–Crippen LogP) is 2.59. The first-order chi connectivity index (χ1) is 10.5. The van der Waals surface area contributed by atoms with Crippen LogP contribution in [0.2, 0.25) is 0 Å². The molecule has 0 bridgehead atoms. The highest BCUT2D eigenvalue weighted by Gasteiger charge is 2.26. The number of piperidine rings is 1. The molecule has 23 heavy (non-hydrogen) atoms. The summed E-state index contributed by atoms with van der Waals surface area (Å²) in [7, 11) is 0. The van der Waals surface area contributed by atoms with Gasteiger partial charge >= 0.3 is 0 Å². The van der Waals surface area contributed by atoms with E-state index in [1.54, 1.807) is 0 Å². The van der Waals surface area contributed by atoms with Crippen molar-refractivity contribution in [3.63, 3.8) is 0 Å². The quantitative estimate of drug-likeness (QED) is 0.929. The van der Waals surface area contributed by atoms with Gasteiger partial charge in [-0.3, -0.25) is 4.90 Å². The minimum Gasteiger partial charge on any atom is -0.476 e. The van der Waals surface area contributed by atoms with Gasteiger partial charge < -0.3 is 9.84 Å². The molecule has 1 aliphatic rings. The van der Waals surface area contributed by atoms with Gasteiger partial charge in [0, 0.05) is 19.6 Å². The number of likely N-dealkylation sites (tertiary alicyclic amines) is 1. The normalized spacial score (nSPS) is 17.7. The van der Waals surface area contributed by atoms with E-state index in [1.165, 1.54) is 0 Å². The number of aliphatic hydroxyl groups is 1. The second-order valence-corrected chi connectivity index (χ2v) is 6.28. The van der Waals surface area contributed by atoms with Crippen molar-refractivity contribution in [3.05, 3.63) is 30.1 Å². The molecule has 5 nitrogen and oxygen atoms in total. The maximum absolute atomic E-state index is 9.97. The number of nitrogens with zero attached hydrogens (tertiary/aromatic N) is 3. The van der Waals surface area contributed by atoms with E-state index in [2.05, 4.69) is 14.9 Å². The van der Waals surface area contributed by atoms with Crippen molar-refractivity contribution in [3.8, 4) is 5.88 Å². The Balaban J connectivity index is 0.00000192. The van der Waals surface area contributed by atoms with Crippen LogP contribution < -0.4 is 4.74 Å². The van der Waals surface area contributed by atoms with E-state index in [0.717, 1.165) is 49.2 Å². The lowest BCUT2D eigenvalue weighted by molar-refractivity contribution is -0.00775. The number of halogens is 1. The number of aromatic nitrogens is 2. The van der Waals surface area contributed by atoms with Crippen LogP contribution in [0.15, 0.2) is 24.3 Å². The average molecular weight is 338 g/mol. The highest BCUT2D eigenvalue weighted by Crippen LogP contribution is 2.23. The molecular weight excluding hydrogens is 314 g/mol. The van der Waals surface area contributed by atoms with Gasteiger partial charge in [-0.2, -0.15) is 4.98 Å². The molecule has 0 aliphatic carbocycles. The van der Waals surface area contributed by atoms with E-state index in [4.69, 9.17) is 4.74 Å². The van der Waals surface area contributed by atoms with Crippen molar-refractivity contribution in [2.24, 2.45) is 0 Å². The zero-order valence-corrected chi connectivity index (χ0v) is 14.5. The number of rotatable bonds is 4. The van der Waals surface area contributed by atoms with Crippen LogP contribution in [-0.4, -0.2) is 51.8 Å². The molecule has 2 heterocycles. The molecule has 6 heteroatoms. The van der Waals surface area contributed by atoms with E-state index >= 15 is 0 Å². The third-order valence-corrected chi connectivity index (χ3v) is 4.26. The van der Waals surface area contributed by atoms with E-state index in [9.17, 15) is 5.11 Å². The smallest absolute Gasteiger partial charge is 0.224 e. The monoisotopic (exact) mass is 337 g/mol. The van der Waals surface area contributed by atoms with Crippen molar-refractivity contribution in [1.82, 2.24) is 14.9 Å². The van der Waals surface area contributed by atoms with Crippen molar-refractivity contribution in [2.75, 3.05) is 26.2 Å². The van der Waals surface area contributed by atoms with Gasteiger partial charge in [-0.25, -0.2) is 4.98 Å². The molecule has 1 N–H and O–H groups in total. The first kappa shape index (κ1) is 17.9. The molecule has 1 fully saturated rings. The Kier molecular flexibility index (Phi) is 5.79. The van der Waals surface area contributed by atoms with Gasteiger partial charge in [0.05, 0.1) is 16.5 Å². The molecule has 126 valence electrons. The summed E-state index contributed by atoms with van der Waals surface area (Å²) in [5, 5.41) is 10.9. The number of aryl methyl sites for hydroxylation is 1. The van der Waals surface area contributed by atoms with Crippen molar-refractivity contribution >= 4 is 23.3 Å². The molecule has 3 rings (SSSR count). The molecule has 2 aromatic rings. The summed E-state index contributed by atoms with van der Waals surface area (Å²) in [6.07, 6.45) is 1.64. The standard InChI is InChI=1S/C17H23N3O2.ClH/c1-13-18-15-6-4-3-5-14(15)16(19-13)22-12-11-20-9-7-17(2,21)8-10-20;/h3-6,21H,7-12H2,1-2H3;1H. The maximum Gasteiger partial charge on any atom is 0.224 e. The Morgan fingerprint density at radius 1 is 1.22 bits per heavy atom. The highest BCUT2D eigenvalue weighted by atomic mass is 35.5. The Hall–Kier alpha value is -1.43. The molecular formula is C17H24ClN3O2. The van der Waals surface area contributed by atoms with Gasteiger partial charge in [-0.1, -0.05) is 12.1 Å². The molecule has 1 saturated heterocycles. The van der Waals surface area contributed by atoms with Crippen LogP contribution in [0.25, 0.3) is 10.9 Å². The van der Waals surface area contributed by atoms with Crippen LogP contribution in [0.5, 0.6) is 5.88 Å². The number of benzene rings is 1. The second-order valence-electron chi connectivity index (χ2n) is 6.28. The van der Waals surface area contributed by atoms with Gasteiger partial charge in [0.1, 0.15) is 12.4 Å². The third-order valence-electron chi connectivity index (χ3n) is 4.26. The zero-order valence-electron chi connectivity index (χ0n) is 13.7. The fourth-order valence-electron chi connectivity index (χ4n) is 2.80.